The van der Waals surface area contributed by atoms with E-state index in [-0.39, 0.29) is 10.8 Å². The Morgan fingerprint density at radius 1 is 1.08 bits per heavy atom. The van der Waals surface area contributed by atoms with Gasteiger partial charge in [0.2, 0.25) is 15.9 Å². The molecule has 0 aliphatic carbocycles. The second-order valence-corrected chi connectivity index (χ2v) is 9.37. The van der Waals surface area contributed by atoms with E-state index < -0.39 is 10.0 Å². The molecule has 0 radical (unpaired) electrons. The van der Waals surface area contributed by atoms with Crippen molar-refractivity contribution in [3.8, 4) is 0 Å². The normalized spacial score (nSPS) is 19.9. The number of sulfonamides is 1. The first kappa shape index (κ1) is 19.6. The molecular weight excluding hydrogens is 374 g/mol. The molecule has 144 valence electrons. The van der Waals surface area contributed by atoms with Crippen LogP contribution in [0, 0.1) is 0 Å². The molecule has 0 aromatic carbocycles. The molecule has 9 heteroatoms. The van der Waals surface area contributed by atoms with Gasteiger partial charge in [0.05, 0.1) is 24.0 Å². The topological polar surface area (TPSA) is 79.8 Å². The molecule has 1 amide bonds. The van der Waals surface area contributed by atoms with Crippen molar-refractivity contribution in [3.63, 3.8) is 0 Å². The zero-order valence-corrected chi connectivity index (χ0v) is 16.4. The molecule has 1 aromatic heterocycles. The summed E-state index contributed by atoms with van der Waals surface area (Å²) in [6, 6.07) is 3.27. The summed E-state index contributed by atoms with van der Waals surface area (Å²) in [4.78, 5) is 18.4. The Hall–Kier alpha value is -1.16. The van der Waals surface area contributed by atoms with Crippen molar-refractivity contribution >= 4 is 27.7 Å². The lowest BCUT2D eigenvalue weighted by molar-refractivity contribution is -0.132. The van der Waals surface area contributed by atoms with Crippen molar-refractivity contribution in [3.05, 3.63) is 18.3 Å². The summed E-state index contributed by atoms with van der Waals surface area (Å²) >= 11 is 1.33. The van der Waals surface area contributed by atoms with E-state index in [1.165, 1.54) is 18.0 Å². The van der Waals surface area contributed by atoms with Gasteiger partial charge < -0.3 is 9.64 Å². The maximum atomic E-state index is 12.7. The van der Waals surface area contributed by atoms with Gasteiger partial charge in [-0.1, -0.05) is 24.6 Å². The highest BCUT2D eigenvalue weighted by Crippen LogP contribution is 2.22. The predicted molar refractivity (Wildman–Crippen MR) is 99.6 cm³/mol. The van der Waals surface area contributed by atoms with Gasteiger partial charge in [-0.05, 0) is 25.0 Å². The lowest BCUT2D eigenvalue weighted by atomic mass is 10.2. The number of rotatable bonds is 5. The van der Waals surface area contributed by atoms with Crippen LogP contribution in [-0.4, -0.2) is 73.7 Å². The van der Waals surface area contributed by atoms with Crippen LogP contribution in [0.3, 0.4) is 0 Å². The first-order valence-electron chi connectivity index (χ1n) is 9.02. The number of thioether (sulfide) groups is 1. The Balaban J connectivity index is 1.58. The van der Waals surface area contributed by atoms with Gasteiger partial charge >= 0.3 is 0 Å². The smallest absolute Gasteiger partial charge is 0.244 e. The molecule has 3 rings (SSSR count). The molecule has 2 fully saturated rings. The number of carbonyl (C=O) groups is 1. The number of pyridine rings is 1. The van der Waals surface area contributed by atoms with Gasteiger partial charge in [0.1, 0.15) is 4.90 Å². The summed E-state index contributed by atoms with van der Waals surface area (Å²) in [5.74, 6) is 0.354. The lowest BCUT2D eigenvalue weighted by Gasteiger charge is -2.26. The van der Waals surface area contributed by atoms with Crippen LogP contribution >= 0.6 is 11.8 Å². The monoisotopic (exact) mass is 399 g/mol. The van der Waals surface area contributed by atoms with Crippen molar-refractivity contribution in [2.45, 2.75) is 35.6 Å². The number of hydrogen-bond acceptors (Lipinski definition) is 6. The van der Waals surface area contributed by atoms with Crippen LogP contribution in [0.4, 0.5) is 0 Å². The minimum Gasteiger partial charge on any atom is -0.378 e. The zero-order valence-electron chi connectivity index (χ0n) is 14.8. The van der Waals surface area contributed by atoms with Crippen LogP contribution in [0.2, 0.25) is 0 Å². The molecule has 0 saturated carbocycles. The summed E-state index contributed by atoms with van der Waals surface area (Å²) in [5.41, 5.74) is 0. The molecule has 7 nitrogen and oxygen atoms in total. The van der Waals surface area contributed by atoms with Crippen LogP contribution in [0.1, 0.15) is 25.7 Å². The second-order valence-electron chi connectivity index (χ2n) is 6.43. The highest BCUT2D eigenvalue weighted by atomic mass is 32.2. The number of carbonyl (C=O) groups excluding carboxylic acids is 1. The van der Waals surface area contributed by atoms with E-state index in [0.29, 0.717) is 50.2 Å². The summed E-state index contributed by atoms with van der Waals surface area (Å²) in [5, 5.41) is 0.654. The third-order valence-electron chi connectivity index (χ3n) is 4.62. The maximum Gasteiger partial charge on any atom is 0.244 e. The fourth-order valence-electron chi connectivity index (χ4n) is 3.08. The van der Waals surface area contributed by atoms with Crippen molar-refractivity contribution in [2.24, 2.45) is 0 Å². The molecule has 0 unspecified atom stereocenters. The van der Waals surface area contributed by atoms with E-state index in [1.807, 2.05) is 0 Å². The van der Waals surface area contributed by atoms with Gasteiger partial charge in [-0.3, -0.25) is 4.79 Å². The van der Waals surface area contributed by atoms with Crippen LogP contribution < -0.4 is 0 Å². The molecule has 2 saturated heterocycles. The molecule has 0 atom stereocenters. The number of morpholine rings is 1. The van der Waals surface area contributed by atoms with Gasteiger partial charge in [0, 0.05) is 32.4 Å². The number of amides is 1. The van der Waals surface area contributed by atoms with Crippen molar-refractivity contribution in [2.75, 3.05) is 45.1 Å². The molecule has 0 spiro atoms. The van der Waals surface area contributed by atoms with Crippen LogP contribution in [0.15, 0.2) is 28.3 Å². The summed E-state index contributed by atoms with van der Waals surface area (Å²) in [7, 11) is -3.48. The van der Waals surface area contributed by atoms with E-state index in [4.69, 9.17) is 4.74 Å². The van der Waals surface area contributed by atoms with Gasteiger partial charge in [-0.15, -0.1) is 0 Å². The quantitative estimate of drug-likeness (QED) is 0.700. The number of hydrogen-bond donors (Lipinski definition) is 0. The molecule has 2 aliphatic heterocycles. The molecule has 3 heterocycles. The van der Waals surface area contributed by atoms with E-state index in [0.717, 1.165) is 25.7 Å². The standard InChI is InChI=1S/C17H25N3O4S2/c21-17(19-9-11-24-12-10-19)14-25-16-6-5-15(13-18-16)26(22,23)20-7-3-1-2-4-8-20/h5-6,13H,1-4,7-12,14H2. The fraction of sp³-hybridized carbons (Fsp3) is 0.647. The molecular formula is C17H25N3O4S2. The zero-order chi connectivity index (χ0) is 18.4. The highest BCUT2D eigenvalue weighted by molar-refractivity contribution is 7.99. The van der Waals surface area contributed by atoms with E-state index in [2.05, 4.69) is 4.98 Å². The first-order chi connectivity index (χ1) is 12.6. The Bertz CT molecular complexity index is 695. The Kier molecular flexibility index (Phi) is 6.91. The van der Waals surface area contributed by atoms with E-state index in [9.17, 15) is 13.2 Å². The Labute approximate surface area is 159 Å². The average Bonchev–Trinajstić information content (AvgIpc) is 2.97. The summed E-state index contributed by atoms with van der Waals surface area (Å²) < 4.78 is 32.3. The minimum atomic E-state index is -3.48. The van der Waals surface area contributed by atoms with Gasteiger partial charge in [-0.2, -0.15) is 4.31 Å². The van der Waals surface area contributed by atoms with E-state index >= 15 is 0 Å². The number of nitrogens with zero attached hydrogens (tertiary/aromatic N) is 3. The summed E-state index contributed by atoms with van der Waals surface area (Å²) in [6.07, 6.45) is 5.38. The van der Waals surface area contributed by atoms with Crippen LogP contribution in [0.5, 0.6) is 0 Å². The Morgan fingerprint density at radius 3 is 2.38 bits per heavy atom. The molecule has 26 heavy (non-hydrogen) atoms. The van der Waals surface area contributed by atoms with Gasteiger partial charge in [0.15, 0.2) is 0 Å². The summed E-state index contributed by atoms with van der Waals surface area (Å²) in [6.45, 7) is 3.56. The van der Waals surface area contributed by atoms with Gasteiger partial charge in [-0.25, -0.2) is 13.4 Å². The average molecular weight is 400 g/mol. The molecule has 1 aromatic rings. The SMILES string of the molecule is O=C(CSc1ccc(S(=O)(=O)N2CCCCCC2)cn1)N1CCOCC1. The van der Waals surface area contributed by atoms with Crippen LogP contribution in [-0.2, 0) is 19.6 Å². The molecule has 2 aliphatic rings. The highest BCUT2D eigenvalue weighted by Gasteiger charge is 2.25. The Morgan fingerprint density at radius 2 is 1.77 bits per heavy atom. The number of aromatic nitrogens is 1. The molecule has 0 N–H and O–H groups in total. The third-order valence-corrected chi connectivity index (χ3v) is 7.43. The van der Waals surface area contributed by atoms with Crippen molar-refractivity contribution < 1.29 is 17.9 Å². The second kappa shape index (κ2) is 9.16. The van der Waals surface area contributed by atoms with Crippen molar-refractivity contribution in [1.82, 2.24) is 14.2 Å². The van der Waals surface area contributed by atoms with E-state index in [1.54, 1.807) is 21.3 Å². The first-order valence-corrected chi connectivity index (χ1v) is 11.4. The maximum absolute atomic E-state index is 12.7. The largest absolute Gasteiger partial charge is 0.378 e. The minimum absolute atomic E-state index is 0.0568. The lowest BCUT2D eigenvalue weighted by Crippen LogP contribution is -2.41. The molecule has 0 bridgehead atoms. The predicted octanol–water partition coefficient (Wildman–Crippen LogP) is 1.60. The fourth-order valence-corrected chi connectivity index (χ4v) is 5.28. The van der Waals surface area contributed by atoms with Crippen LogP contribution in [0.25, 0.3) is 0 Å². The number of ether oxygens (including phenoxy) is 1. The third kappa shape index (κ3) is 4.97. The van der Waals surface area contributed by atoms with Gasteiger partial charge in [0.25, 0.3) is 0 Å². The van der Waals surface area contributed by atoms with Crippen molar-refractivity contribution in [1.29, 1.82) is 0 Å².